The molecule has 1 nitrogen and oxygen atoms in total. The highest BCUT2D eigenvalue weighted by Gasteiger charge is 2.34. The van der Waals surface area contributed by atoms with Crippen molar-refractivity contribution in [3.05, 3.63) is 34.9 Å². The fraction of sp³-hybridized carbons (Fsp3) is 0.455. The number of hydrogen-bond acceptors (Lipinski definition) is 1. The van der Waals surface area contributed by atoms with Gasteiger partial charge in [0.25, 0.3) is 0 Å². The molecule has 1 aliphatic rings. The first-order valence-corrected chi connectivity index (χ1v) is 4.50. The Hall–Kier alpha value is -0.820. The zero-order valence-corrected chi connectivity index (χ0v) is 7.67. The molecule has 0 bridgehead atoms. The second-order valence-corrected chi connectivity index (χ2v) is 3.93. The molecule has 2 rings (SSSR count). The Bertz CT molecular complexity index is 284. The summed E-state index contributed by atoms with van der Waals surface area (Å²) in [7, 11) is 0. The van der Waals surface area contributed by atoms with Gasteiger partial charge in [-0.25, -0.2) is 0 Å². The molecule has 0 heterocycles. The minimum atomic E-state index is 0.422. The molecule has 12 heavy (non-hydrogen) atoms. The monoisotopic (exact) mass is 161 g/mol. The van der Waals surface area contributed by atoms with Crippen LogP contribution in [0.4, 0.5) is 0 Å². The van der Waals surface area contributed by atoms with E-state index in [0.29, 0.717) is 12.0 Å². The Morgan fingerprint density at radius 1 is 1.17 bits per heavy atom. The van der Waals surface area contributed by atoms with Crippen LogP contribution in [0.5, 0.6) is 0 Å². The molecular weight excluding hydrogens is 146 g/mol. The number of nitrogens with two attached hydrogens (primary N) is 1. The van der Waals surface area contributed by atoms with Gasteiger partial charge in [0.1, 0.15) is 0 Å². The molecule has 0 aliphatic heterocycles. The van der Waals surface area contributed by atoms with E-state index in [1.165, 1.54) is 23.1 Å². The Balaban J connectivity index is 2.32. The van der Waals surface area contributed by atoms with Crippen molar-refractivity contribution in [2.45, 2.75) is 32.2 Å². The van der Waals surface area contributed by atoms with Gasteiger partial charge >= 0.3 is 0 Å². The number of benzene rings is 1. The highest BCUT2D eigenvalue weighted by Crippen LogP contribution is 2.39. The molecule has 1 aromatic carbocycles. The summed E-state index contributed by atoms with van der Waals surface area (Å²) < 4.78 is 0. The first-order chi connectivity index (χ1) is 5.66. The van der Waals surface area contributed by atoms with Crippen LogP contribution in [0, 0.1) is 13.8 Å². The van der Waals surface area contributed by atoms with E-state index < -0.39 is 0 Å². The van der Waals surface area contributed by atoms with Gasteiger partial charge in [-0.05, 0) is 25.8 Å². The van der Waals surface area contributed by atoms with E-state index in [4.69, 9.17) is 5.73 Å². The first-order valence-electron chi connectivity index (χ1n) is 4.50. The lowest BCUT2D eigenvalue weighted by atomic mass is 10.0. The summed E-state index contributed by atoms with van der Waals surface area (Å²) in [6.07, 6.45) is 1.17. The third kappa shape index (κ3) is 1.37. The maximum atomic E-state index is 5.80. The zero-order chi connectivity index (χ0) is 8.72. The quantitative estimate of drug-likeness (QED) is 0.670. The molecule has 1 fully saturated rings. The van der Waals surface area contributed by atoms with Gasteiger partial charge in [-0.2, -0.15) is 0 Å². The first kappa shape index (κ1) is 7.81. The van der Waals surface area contributed by atoms with Gasteiger partial charge in [0, 0.05) is 12.0 Å². The van der Waals surface area contributed by atoms with E-state index in [-0.39, 0.29) is 0 Å². The van der Waals surface area contributed by atoms with Crippen molar-refractivity contribution >= 4 is 0 Å². The van der Waals surface area contributed by atoms with E-state index in [2.05, 4.69) is 32.0 Å². The van der Waals surface area contributed by atoms with Gasteiger partial charge in [-0.15, -0.1) is 0 Å². The van der Waals surface area contributed by atoms with Crippen LogP contribution in [0.15, 0.2) is 18.2 Å². The molecule has 0 spiro atoms. The van der Waals surface area contributed by atoms with Crippen molar-refractivity contribution in [2.24, 2.45) is 5.73 Å². The van der Waals surface area contributed by atoms with Crippen molar-refractivity contribution in [3.63, 3.8) is 0 Å². The molecule has 64 valence electrons. The van der Waals surface area contributed by atoms with Crippen LogP contribution in [0.25, 0.3) is 0 Å². The lowest BCUT2D eigenvalue weighted by molar-refractivity contribution is 0.986. The van der Waals surface area contributed by atoms with Crippen molar-refractivity contribution in [3.8, 4) is 0 Å². The lowest BCUT2D eigenvalue weighted by Gasteiger charge is -2.02. The molecule has 0 saturated heterocycles. The Labute approximate surface area is 73.6 Å². The van der Waals surface area contributed by atoms with Crippen molar-refractivity contribution in [1.82, 2.24) is 0 Å². The topological polar surface area (TPSA) is 26.0 Å². The molecule has 2 atom stereocenters. The van der Waals surface area contributed by atoms with Gasteiger partial charge < -0.3 is 5.73 Å². The predicted molar refractivity (Wildman–Crippen MR) is 51.2 cm³/mol. The van der Waals surface area contributed by atoms with E-state index in [9.17, 15) is 0 Å². The van der Waals surface area contributed by atoms with E-state index in [0.717, 1.165) is 0 Å². The molecule has 1 heteroatoms. The summed E-state index contributed by atoms with van der Waals surface area (Å²) >= 11 is 0. The minimum absolute atomic E-state index is 0.422. The largest absolute Gasteiger partial charge is 0.327 e. The molecule has 0 aromatic heterocycles. The molecular formula is C11H15N. The van der Waals surface area contributed by atoms with Crippen LogP contribution < -0.4 is 5.73 Å². The van der Waals surface area contributed by atoms with Crippen molar-refractivity contribution in [1.29, 1.82) is 0 Å². The van der Waals surface area contributed by atoms with Crippen LogP contribution in [0.1, 0.15) is 29.0 Å². The highest BCUT2D eigenvalue weighted by atomic mass is 14.7. The smallest absolute Gasteiger partial charge is 0.0115 e. The standard InChI is InChI=1S/C11H15N/c1-7-3-8(2)5-9(4-7)10-6-11(10)12/h3-5,10-11H,6,12H2,1-2H3/t10?,11-/m1/s1. The van der Waals surface area contributed by atoms with Crippen LogP contribution in [0.3, 0.4) is 0 Å². The molecule has 0 amide bonds. The van der Waals surface area contributed by atoms with Crippen LogP contribution in [-0.2, 0) is 0 Å². The summed E-state index contributed by atoms with van der Waals surface area (Å²) in [6, 6.07) is 7.14. The van der Waals surface area contributed by atoms with E-state index in [1.807, 2.05) is 0 Å². The third-order valence-corrected chi connectivity index (χ3v) is 2.51. The van der Waals surface area contributed by atoms with Crippen molar-refractivity contribution < 1.29 is 0 Å². The molecule has 1 aromatic rings. The van der Waals surface area contributed by atoms with Crippen LogP contribution in [0.2, 0.25) is 0 Å². The average molecular weight is 161 g/mol. The second kappa shape index (κ2) is 2.60. The highest BCUT2D eigenvalue weighted by molar-refractivity contribution is 5.35. The van der Waals surface area contributed by atoms with E-state index >= 15 is 0 Å². The molecule has 2 N–H and O–H groups in total. The number of hydrogen-bond donors (Lipinski definition) is 1. The van der Waals surface area contributed by atoms with E-state index in [1.54, 1.807) is 0 Å². The summed E-state index contributed by atoms with van der Waals surface area (Å²) in [5, 5.41) is 0. The number of aryl methyl sites for hydroxylation is 2. The van der Waals surface area contributed by atoms with Crippen LogP contribution >= 0.6 is 0 Å². The second-order valence-electron chi connectivity index (χ2n) is 3.93. The predicted octanol–water partition coefficient (Wildman–Crippen LogP) is 2.12. The molecule has 1 aliphatic carbocycles. The summed E-state index contributed by atoms with van der Waals surface area (Å²) in [5.74, 6) is 0.642. The number of rotatable bonds is 1. The fourth-order valence-electron chi connectivity index (χ4n) is 1.82. The SMILES string of the molecule is Cc1cc(C)cc(C2C[C@H]2N)c1. The van der Waals surface area contributed by atoms with Crippen molar-refractivity contribution in [2.75, 3.05) is 0 Å². The normalized spacial score (nSPS) is 27.2. The molecule has 1 unspecified atom stereocenters. The Morgan fingerprint density at radius 2 is 1.67 bits per heavy atom. The lowest BCUT2D eigenvalue weighted by Crippen LogP contribution is -2.01. The molecule has 1 saturated carbocycles. The minimum Gasteiger partial charge on any atom is -0.327 e. The Morgan fingerprint density at radius 3 is 2.08 bits per heavy atom. The van der Waals surface area contributed by atoms with Crippen LogP contribution in [-0.4, -0.2) is 6.04 Å². The average Bonchev–Trinajstić information content (AvgIpc) is 2.64. The summed E-state index contributed by atoms with van der Waals surface area (Å²) in [5.41, 5.74) is 9.93. The third-order valence-electron chi connectivity index (χ3n) is 2.51. The zero-order valence-electron chi connectivity index (χ0n) is 7.67. The summed E-state index contributed by atoms with van der Waals surface area (Å²) in [6.45, 7) is 4.29. The maximum Gasteiger partial charge on any atom is 0.0115 e. The van der Waals surface area contributed by atoms with Gasteiger partial charge in [0.2, 0.25) is 0 Å². The van der Waals surface area contributed by atoms with Gasteiger partial charge in [-0.3, -0.25) is 0 Å². The fourth-order valence-corrected chi connectivity index (χ4v) is 1.82. The maximum absolute atomic E-state index is 5.80. The molecule has 0 radical (unpaired) electrons. The summed E-state index contributed by atoms with van der Waals surface area (Å²) in [4.78, 5) is 0. The Kier molecular flexibility index (Phi) is 1.69. The van der Waals surface area contributed by atoms with Gasteiger partial charge in [0.05, 0.1) is 0 Å². The van der Waals surface area contributed by atoms with Gasteiger partial charge in [0.15, 0.2) is 0 Å². The van der Waals surface area contributed by atoms with Gasteiger partial charge in [-0.1, -0.05) is 29.3 Å².